The van der Waals surface area contributed by atoms with Crippen molar-refractivity contribution in [1.82, 2.24) is 9.97 Å². The first-order valence-electron chi connectivity index (χ1n) is 5.86. The molecule has 0 aromatic carbocycles. The van der Waals surface area contributed by atoms with Crippen molar-refractivity contribution in [2.75, 3.05) is 5.73 Å². The van der Waals surface area contributed by atoms with Gasteiger partial charge in [-0.05, 0) is 24.5 Å². The molecule has 4 nitrogen and oxygen atoms in total. The van der Waals surface area contributed by atoms with Crippen LogP contribution in [0.4, 0.5) is 5.95 Å². The summed E-state index contributed by atoms with van der Waals surface area (Å²) in [6.07, 6.45) is 9.66. The number of anilines is 1. The van der Waals surface area contributed by atoms with Crippen LogP contribution in [0, 0.1) is 0 Å². The van der Waals surface area contributed by atoms with Gasteiger partial charge in [0.2, 0.25) is 5.95 Å². The standard InChI is InChI=1S/C13H13N3OS/c14-13-15-11(17)10-7-9(18-12(10)16-13)6-8-4-2-1-3-5-8/h2,4-5,7H,1,3,6H2,(H3,14,15,16,17). The lowest BCUT2D eigenvalue weighted by Crippen LogP contribution is -2.09. The fraction of sp³-hybridized carbons (Fsp3) is 0.231. The number of hydrogen-bond acceptors (Lipinski definition) is 4. The number of nitrogens with zero attached hydrogens (tertiary/aromatic N) is 1. The zero-order chi connectivity index (χ0) is 12.5. The molecule has 1 aliphatic carbocycles. The summed E-state index contributed by atoms with van der Waals surface area (Å²) in [6, 6.07) is 1.91. The van der Waals surface area contributed by atoms with Crippen LogP contribution in [-0.2, 0) is 6.42 Å². The third-order valence-electron chi connectivity index (χ3n) is 2.92. The number of nitrogens with one attached hydrogen (secondary N) is 1. The summed E-state index contributed by atoms with van der Waals surface area (Å²) in [6.45, 7) is 0. The summed E-state index contributed by atoms with van der Waals surface area (Å²) < 4.78 is 0. The summed E-state index contributed by atoms with van der Waals surface area (Å²) in [4.78, 5) is 20.2. The minimum atomic E-state index is -0.159. The van der Waals surface area contributed by atoms with E-state index in [9.17, 15) is 4.79 Å². The van der Waals surface area contributed by atoms with Gasteiger partial charge >= 0.3 is 0 Å². The van der Waals surface area contributed by atoms with Crippen molar-refractivity contribution in [3.63, 3.8) is 0 Å². The Morgan fingerprint density at radius 2 is 2.33 bits per heavy atom. The smallest absolute Gasteiger partial charge is 0.261 e. The first-order chi connectivity index (χ1) is 8.72. The SMILES string of the molecule is Nc1nc2sc(CC3=CCCC=C3)cc2c(=O)[nH]1. The second-order valence-corrected chi connectivity index (χ2v) is 5.43. The lowest BCUT2D eigenvalue weighted by atomic mass is 10.0. The fourth-order valence-corrected chi connectivity index (χ4v) is 3.15. The maximum atomic E-state index is 11.7. The highest BCUT2D eigenvalue weighted by molar-refractivity contribution is 7.18. The number of nitrogens with two attached hydrogens (primary N) is 1. The van der Waals surface area contributed by atoms with E-state index < -0.39 is 0 Å². The summed E-state index contributed by atoms with van der Waals surface area (Å²) >= 11 is 1.53. The number of hydrogen-bond donors (Lipinski definition) is 2. The number of thiophene rings is 1. The van der Waals surface area contributed by atoms with Crippen LogP contribution >= 0.6 is 11.3 Å². The first-order valence-corrected chi connectivity index (χ1v) is 6.68. The number of nitrogen functional groups attached to an aromatic ring is 1. The second-order valence-electron chi connectivity index (χ2n) is 4.32. The van der Waals surface area contributed by atoms with Gasteiger partial charge in [0.05, 0.1) is 5.39 Å². The third-order valence-corrected chi connectivity index (χ3v) is 3.95. The summed E-state index contributed by atoms with van der Waals surface area (Å²) in [5, 5.41) is 0.629. The Labute approximate surface area is 108 Å². The number of allylic oxidation sites excluding steroid dienone is 4. The Bertz CT molecular complexity index is 709. The molecule has 1 aliphatic rings. The van der Waals surface area contributed by atoms with Crippen molar-refractivity contribution < 1.29 is 0 Å². The molecule has 5 heteroatoms. The number of rotatable bonds is 2. The maximum absolute atomic E-state index is 11.7. The van der Waals surface area contributed by atoms with Crippen LogP contribution in [0.2, 0.25) is 0 Å². The van der Waals surface area contributed by atoms with Gasteiger partial charge in [-0.15, -0.1) is 11.3 Å². The number of H-pyrrole nitrogens is 1. The highest BCUT2D eigenvalue weighted by Crippen LogP contribution is 2.25. The Balaban J connectivity index is 1.98. The zero-order valence-corrected chi connectivity index (χ0v) is 10.6. The molecule has 3 N–H and O–H groups in total. The van der Waals surface area contributed by atoms with E-state index in [1.807, 2.05) is 6.07 Å². The van der Waals surface area contributed by atoms with Gasteiger partial charge in [0.15, 0.2) is 0 Å². The molecule has 2 aromatic heterocycles. The minimum absolute atomic E-state index is 0.159. The van der Waals surface area contributed by atoms with E-state index in [0.29, 0.717) is 10.2 Å². The minimum Gasteiger partial charge on any atom is -0.369 e. The molecule has 0 saturated heterocycles. The van der Waals surface area contributed by atoms with E-state index in [1.165, 1.54) is 16.9 Å². The molecule has 2 aromatic rings. The van der Waals surface area contributed by atoms with E-state index >= 15 is 0 Å². The summed E-state index contributed by atoms with van der Waals surface area (Å²) in [5.41, 5.74) is 6.68. The number of aromatic nitrogens is 2. The summed E-state index contributed by atoms with van der Waals surface area (Å²) in [7, 11) is 0. The molecule has 0 bridgehead atoms. The molecule has 0 atom stereocenters. The van der Waals surface area contributed by atoms with Crippen molar-refractivity contribution in [1.29, 1.82) is 0 Å². The van der Waals surface area contributed by atoms with Gasteiger partial charge in [0, 0.05) is 11.3 Å². The molecule has 0 aliphatic heterocycles. The van der Waals surface area contributed by atoms with E-state index in [0.717, 1.165) is 24.1 Å². The molecular formula is C13H13N3OS. The molecule has 3 rings (SSSR count). The van der Waals surface area contributed by atoms with E-state index in [-0.39, 0.29) is 11.5 Å². The highest BCUT2D eigenvalue weighted by atomic mass is 32.1. The van der Waals surface area contributed by atoms with Gasteiger partial charge in [0.25, 0.3) is 5.56 Å². The third kappa shape index (κ3) is 2.09. The predicted octanol–water partition coefficient (Wildman–Crippen LogP) is 2.39. The van der Waals surface area contributed by atoms with Crippen LogP contribution in [0.25, 0.3) is 10.2 Å². The largest absolute Gasteiger partial charge is 0.369 e. The molecule has 0 fully saturated rings. The van der Waals surface area contributed by atoms with Gasteiger partial charge in [0.1, 0.15) is 4.83 Å². The Morgan fingerprint density at radius 1 is 1.44 bits per heavy atom. The lowest BCUT2D eigenvalue weighted by molar-refractivity contribution is 0.999. The molecule has 0 radical (unpaired) electrons. The average molecular weight is 259 g/mol. The van der Waals surface area contributed by atoms with Gasteiger partial charge < -0.3 is 5.73 Å². The quantitative estimate of drug-likeness (QED) is 0.869. The van der Waals surface area contributed by atoms with E-state index in [2.05, 4.69) is 28.2 Å². The average Bonchev–Trinajstić information content (AvgIpc) is 2.73. The number of aromatic amines is 1. The van der Waals surface area contributed by atoms with Crippen LogP contribution in [0.3, 0.4) is 0 Å². The lowest BCUT2D eigenvalue weighted by Gasteiger charge is -2.04. The van der Waals surface area contributed by atoms with Crippen LogP contribution in [0.15, 0.2) is 34.7 Å². The van der Waals surface area contributed by atoms with Gasteiger partial charge in [-0.25, -0.2) is 4.98 Å². The zero-order valence-electron chi connectivity index (χ0n) is 9.77. The van der Waals surface area contributed by atoms with Gasteiger partial charge in [-0.3, -0.25) is 9.78 Å². The summed E-state index contributed by atoms with van der Waals surface area (Å²) in [5.74, 6) is 0.178. The molecule has 2 heterocycles. The fourth-order valence-electron chi connectivity index (χ4n) is 2.09. The van der Waals surface area contributed by atoms with Crippen LogP contribution in [0.5, 0.6) is 0 Å². The number of fused-ring (bicyclic) bond motifs is 1. The van der Waals surface area contributed by atoms with Gasteiger partial charge in [-0.2, -0.15) is 0 Å². The van der Waals surface area contributed by atoms with Crippen molar-refractivity contribution in [3.05, 3.63) is 45.1 Å². The van der Waals surface area contributed by atoms with Crippen molar-refractivity contribution in [2.45, 2.75) is 19.3 Å². The molecule has 0 saturated carbocycles. The van der Waals surface area contributed by atoms with E-state index in [4.69, 9.17) is 5.73 Å². The Kier molecular flexibility index (Phi) is 2.76. The normalized spacial score (nSPS) is 15.0. The predicted molar refractivity (Wildman–Crippen MR) is 74.8 cm³/mol. The van der Waals surface area contributed by atoms with Gasteiger partial charge in [-0.1, -0.05) is 18.2 Å². The molecular weight excluding hydrogens is 246 g/mol. The molecule has 0 amide bonds. The molecule has 0 unspecified atom stereocenters. The van der Waals surface area contributed by atoms with Crippen LogP contribution < -0.4 is 11.3 Å². The molecule has 0 spiro atoms. The Hall–Kier alpha value is -1.88. The second kappa shape index (κ2) is 4.42. The van der Waals surface area contributed by atoms with Crippen molar-refractivity contribution >= 4 is 27.5 Å². The Morgan fingerprint density at radius 3 is 3.11 bits per heavy atom. The maximum Gasteiger partial charge on any atom is 0.261 e. The monoisotopic (exact) mass is 259 g/mol. The van der Waals surface area contributed by atoms with Crippen LogP contribution in [0.1, 0.15) is 17.7 Å². The van der Waals surface area contributed by atoms with Crippen LogP contribution in [-0.4, -0.2) is 9.97 Å². The highest BCUT2D eigenvalue weighted by Gasteiger charge is 2.09. The topological polar surface area (TPSA) is 71.8 Å². The van der Waals surface area contributed by atoms with E-state index in [1.54, 1.807) is 0 Å². The van der Waals surface area contributed by atoms with Crippen molar-refractivity contribution in [2.24, 2.45) is 0 Å². The first kappa shape index (κ1) is 11.2. The molecule has 18 heavy (non-hydrogen) atoms. The molecule has 92 valence electrons. The van der Waals surface area contributed by atoms with Crippen molar-refractivity contribution in [3.8, 4) is 0 Å².